The molecule has 1 saturated carbocycles. The number of rotatable bonds is 2. The third kappa shape index (κ3) is 1.65. The van der Waals surface area contributed by atoms with Crippen LogP contribution in [0.15, 0.2) is 24.3 Å². The van der Waals surface area contributed by atoms with Crippen molar-refractivity contribution in [2.45, 2.75) is 19.3 Å². The van der Waals surface area contributed by atoms with Crippen molar-refractivity contribution in [3.8, 4) is 5.75 Å². The van der Waals surface area contributed by atoms with Gasteiger partial charge in [0.05, 0.1) is 12.5 Å². The molecule has 1 fully saturated rings. The predicted octanol–water partition coefficient (Wildman–Crippen LogP) is 2.22. The first-order valence-corrected chi connectivity index (χ1v) is 5.59. The first-order valence-electron chi connectivity index (χ1n) is 5.59. The number of hydrogen-bond donors (Lipinski definition) is 0. The van der Waals surface area contributed by atoms with Gasteiger partial charge in [-0.15, -0.1) is 0 Å². The highest BCUT2D eigenvalue weighted by Crippen LogP contribution is 2.36. The number of fused-ring (bicyclic) bond motifs is 1. The summed E-state index contributed by atoms with van der Waals surface area (Å²) >= 11 is 0. The number of carbonyl (C=O) groups is 1. The van der Waals surface area contributed by atoms with E-state index in [1.807, 2.05) is 18.2 Å². The number of ketones is 1. The molecule has 0 radical (unpaired) electrons. The van der Waals surface area contributed by atoms with Crippen LogP contribution in [0.25, 0.3) is 0 Å². The lowest BCUT2D eigenvalue weighted by Gasteiger charge is -2.24. The molecule has 0 bridgehead atoms. The zero-order valence-electron chi connectivity index (χ0n) is 8.61. The molecule has 1 aromatic carbocycles. The summed E-state index contributed by atoms with van der Waals surface area (Å²) in [6, 6.07) is 8.02. The van der Waals surface area contributed by atoms with Crippen LogP contribution in [0.3, 0.4) is 0 Å². The molecule has 1 aliphatic carbocycles. The van der Waals surface area contributed by atoms with Gasteiger partial charge in [-0.3, -0.25) is 4.79 Å². The van der Waals surface area contributed by atoms with Crippen LogP contribution >= 0.6 is 0 Å². The second kappa shape index (κ2) is 3.37. The molecule has 0 amide bonds. The summed E-state index contributed by atoms with van der Waals surface area (Å²) < 4.78 is 5.61. The number of Topliss-reactive ketones (excluding diaryl/α,β-unsaturated/α-hetero) is 1. The maximum Gasteiger partial charge on any atom is 0.142 e. The Morgan fingerprint density at radius 3 is 2.80 bits per heavy atom. The smallest absolute Gasteiger partial charge is 0.142 e. The van der Waals surface area contributed by atoms with Crippen LogP contribution in [0.1, 0.15) is 18.4 Å². The highest BCUT2D eigenvalue weighted by atomic mass is 16.5. The van der Waals surface area contributed by atoms with E-state index in [-0.39, 0.29) is 5.92 Å². The van der Waals surface area contributed by atoms with Gasteiger partial charge in [0.1, 0.15) is 11.5 Å². The van der Waals surface area contributed by atoms with E-state index in [9.17, 15) is 4.79 Å². The predicted molar refractivity (Wildman–Crippen MR) is 56.9 cm³/mol. The van der Waals surface area contributed by atoms with E-state index in [4.69, 9.17) is 4.74 Å². The van der Waals surface area contributed by atoms with Gasteiger partial charge in [0.25, 0.3) is 0 Å². The minimum absolute atomic E-state index is 0.104. The van der Waals surface area contributed by atoms with Crippen LogP contribution in [0, 0.1) is 11.8 Å². The molecular formula is C13H14O2. The third-order valence-corrected chi connectivity index (χ3v) is 3.26. The summed E-state index contributed by atoms with van der Waals surface area (Å²) in [5.41, 5.74) is 1.18. The van der Waals surface area contributed by atoms with Crippen molar-refractivity contribution in [2.24, 2.45) is 11.8 Å². The Bertz CT molecular complexity index is 393. The normalized spacial score (nSPS) is 24.1. The Morgan fingerprint density at radius 2 is 2.00 bits per heavy atom. The Balaban J connectivity index is 1.79. The molecule has 1 atom stereocenters. The number of ether oxygens (including phenoxy) is 1. The maximum absolute atomic E-state index is 11.9. The summed E-state index contributed by atoms with van der Waals surface area (Å²) in [6.07, 6.45) is 3.06. The first kappa shape index (κ1) is 8.96. The Labute approximate surface area is 89.2 Å². The average molecular weight is 202 g/mol. The summed E-state index contributed by atoms with van der Waals surface area (Å²) in [6.45, 7) is 0.576. The minimum Gasteiger partial charge on any atom is -0.493 e. The van der Waals surface area contributed by atoms with E-state index in [2.05, 4.69) is 6.07 Å². The van der Waals surface area contributed by atoms with Gasteiger partial charge in [0, 0.05) is 5.92 Å². The number of carbonyl (C=O) groups excluding carboxylic acids is 1. The first-order chi connectivity index (χ1) is 7.34. The van der Waals surface area contributed by atoms with Crippen molar-refractivity contribution in [1.82, 2.24) is 0 Å². The van der Waals surface area contributed by atoms with Crippen LogP contribution in [0.4, 0.5) is 0 Å². The SMILES string of the molecule is O=C(C1CC1)C1COc2ccccc2C1. The lowest BCUT2D eigenvalue weighted by molar-refractivity contribution is -0.125. The Kier molecular flexibility index (Phi) is 2.01. The van der Waals surface area contributed by atoms with E-state index < -0.39 is 0 Å². The third-order valence-electron chi connectivity index (χ3n) is 3.26. The van der Waals surface area contributed by atoms with Gasteiger partial charge in [-0.05, 0) is 30.9 Å². The van der Waals surface area contributed by atoms with Crippen LogP contribution in [-0.4, -0.2) is 12.4 Å². The van der Waals surface area contributed by atoms with E-state index in [1.54, 1.807) is 0 Å². The van der Waals surface area contributed by atoms with Crippen molar-refractivity contribution in [3.05, 3.63) is 29.8 Å². The van der Waals surface area contributed by atoms with Crippen LogP contribution in [-0.2, 0) is 11.2 Å². The van der Waals surface area contributed by atoms with Gasteiger partial charge < -0.3 is 4.74 Å². The Morgan fingerprint density at radius 1 is 1.20 bits per heavy atom. The zero-order chi connectivity index (χ0) is 10.3. The van der Waals surface area contributed by atoms with Gasteiger partial charge in [-0.25, -0.2) is 0 Å². The standard InChI is InChI=1S/C13H14O2/c14-13(9-5-6-9)11-7-10-3-1-2-4-12(10)15-8-11/h1-4,9,11H,5-8H2. The fraction of sp³-hybridized carbons (Fsp3) is 0.462. The lowest BCUT2D eigenvalue weighted by Crippen LogP contribution is -2.29. The molecule has 2 aliphatic rings. The fourth-order valence-electron chi connectivity index (χ4n) is 2.21. The molecule has 0 aromatic heterocycles. The molecule has 0 N–H and O–H groups in total. The molecule has 1 heterocycles. The number of benzene rings is 1. The quantitative estimate of drug-likeness (QED) is 0.735. The second-order valence-electron chi connectivity index (χ2n) is 4.50. The summed E-state index contributed by atoms with van der Waals surface area (Å²) in [7, 11) is 0. The summed E-state index contributed by atoms with van der Waals surface area (Å²) in [5, 5.41) is 0. The molecule has 3 rings (SSSR count). The van der Waals surface area contributed by atoms with E-state index >= 15 is 0 Å². The van der Waals surface area contributed by atoms with Gasteiger partial charge in [0.15, 0.2) is 0 Å². The van der Waals surface area contributed by atoms with Crippen LogP contribution in [0.5, 0.6) is 5.75 Å². The largest absolute Gasteiger partial charge is 0.493 e. The molecule has 1 unspecified atom stereocenters. The molecule has 15 heavy (non-hydrogen) atoms. The van der Waals surface area contributed by atoms with Crippen molar-refractivity contribution in [2.75, 3.05) is 6.61 Å². The van der Waals surface area contributed by atoms with Gasteiger partial charge in [0.2, 0.25) is 0 Å². The van der Waals surface area contributed by atoms with Crippen LogP contribution in [0.2, 0.25) is 0 Å². The molecule has 2 heteroatoms. The lowest BCUT2D eigenvalue weighted by atomic mass is 9.91. The molecular weight excluding hydrogens is 188 g/mol. The molecule has 1 aromatic rings. The van der Waals surface area contributed by atoms with E-state index in [1.165, 1.54) is 5.56 Å². The van der Waals surface area contributed by atoms with Crippen molar-refractivity contribution >= 4 is 5.78 Å². The topological polar surface area (TPSA) is 26.3 Å². The van der Waals surface area contributed by atoms with E-state index in [0.717, 1.165) is 25.0 Å². The average Bonchev–Trinajstić information content (AvgIpc) is 3.11. The van der Waals surface area contributed by atoms with Gasteiger partial charge in [-0.1, -0.05) is 18.2 Å². The molecule has 0 spiro atoms. The van der Waals surface area contributed by atoms with Crippen molar-refractivity contribution in [3.63, 3.8) is 0 Å². The minimum atomic E-state index is 0.104. The fourth-order valence-corrected chi connectivity index (χ4v) is 2.21. The van der Waals surface area contributed by atoms with Gasteiger partial charge >= 0.3 is 0 Å². The van der Waals surface area contributed by atoms with Crippen molar-refractivity contribution in [1.29, 1.82) is 0 Å². The van der Waals surface area contributed by atoms with E-state index in [0.29, 0.717) is 18.3 Å². The summed E-state index contributed by atoms with van der Waals surface area (Å²) in [4.78, 5) is 11.9. The highest BCUT2D eigenvalue weighted by molar-refractivity contribution is 5.86. The second-order valence-corrected chi connectivity index (χ2v) is 4.50. The zero-order valence-corrected chi connectivity index (χ0v) is 8.61. The maximum atomic E-state index is 11.9. The monoisotopic (exact) mass is 202 g/mol. The Hall–Kier alpha value is -1.31. The molecule has 2 nitrogen and oxygen atoms in total. The molecule has 1 aliphatic heterocycles. The van der Waals surface area contributed by atoms with Gasteiger partial charge in [-0.2, -0.15) is 0 Å². The molecule has 78 valence electrons. The number of para-hydroxylation sites is 1. The van der Waals surface area contributed by atoms with Crippen LogP contribution < -0.4 is 4.74 Å². The number of hydrogen-bond acceptors (Lipinski definition) is 2. The highest BCUT2D eigenvalue weighted by Gasteiger charge is 2.36. The molecule has 0 saturated heterocycles. The van der Waals surface area contributed by atoms with Crippen molar-refractivity contribution < 1.29 is 9.53 Å². The summed E-state index contributed by atoms with van der Waals surface area (Å²) in [5.74, 6) is 1.83.